The second kappa shape index (κ2) is 10.2. The van der Waals surface area contributed by atoms with Gasteiger partial charge in [-0.2, -0.15) is 0 Å². The molecule has 158 valence electrons. The van der Waals surface area contributed by atoms with Crippen molar-refractivity contribution in [2.75, 3.05) is 13.7 Å². The van der Waals surface area contributed by atoms with E-state index in [0.29, 0.717) is 23.1 Å². The quantitative estimate of drug-likeness (QED) is 0.280. The number of rotatable bonds is 9. The number of fused-ring (bicyclic) bond motifs is 1. The first-order valence-corrected chi connectivity index (χ1v) is 11.2. The lowest BCUT2D eigenvalue weighted by Crippen LogP contribution is -2.25. The number of nitrogens with zero attached hydrogens (tertiary/aromatic N) is 1. The molecule has 0 radical (unpaired) electrons. The van der Waals surface area contributed by atoms with Crippen molar-refractivity contribution in [2.24, 2.45) is 0 Å². The van der Waals surface area contributed by atoms with Gasteiger partial charge in [0.15, 0.2) is 5.58 Å². The summed E-state index contributed by atoms with van der Waals surface area (Å²) in [5.41, 5.74) is 4.49. The van der Waals surface area contributed by atoms with Gasteiger partial charge in [0.1, 0.15) is 11.3 Å². The lowest BCUT2D eigenvalue weighted by molar-refractivity contribution is 0.0952. The second-order valence-corrected chi connectivity index (χ2v) is 8.03. The van der Waals surface area contributed by atoms with Gasteiger partial charge in [-0.05, 0) is 54.3 Å². The Morgan fingerprint density at radius 3 is 2.61 bits per heavy atom. The highest BCUT2D eigenvalue weighted by Crippen LogP contribution is 2.27. The molecule has 0 unspecified atom stereocenters. The summed E-state index contributed by atoms with van der Waals surface area (Å²) in [6.45, 7) is 0.622. The molecule has 6 heteroatoms. The van der Waals surface area contributed by atoms with Gasteiger partial charge in [0.25, 0.3) is 11.1 Å². The minimum atomic E-state index is -0.0523. The number of nitrogens with one attached hydrogen (secondary N) is 1. The van der Waals surface area contributed by atoms with Crippen LogP contribution >= 0.6 is 11.8 Å². The minimum absolute atomic E-state index is 0.0523. The van der Waals surface area contributed by atoms with Gasteiger partial charge in [-0.1, -0.05) is 54.2 Å². The van der Waals surface area contributed by atoms with Crippen molar-refractivity contribution in [1.82, 2.24) is 10.3 Å². The molecule has 1 N–H and O–H groups in total. The molecule has 0 saturated heterocycles. The number of thioether (sulfide) groups is 1. The van der Waals surface area contributed by atoms with Crippen molar-refractivity contribution >= 4 is 28.8 Å². The highest BCUT2D eigenvalue weighted by Gasteiger charge is 2.12. The SMILES string of the molecule is COc1ccc(CCCNC(=O)c2ccccc2CSc2nc3ccccc3o2)cc1. The van der Waals surface area contributed by atoms with Gasteiger partial charge in [0, 0.05) is 17.9 Å². The largest absolute Gasteiger partial charge is 0.497 e. The number of carbonyl (C=O) groups excluding carboxylic acids is 1. The highest BCUT2D eigenvalue weighted by atomic mass is 32.2. The number of carbonyl (C=O) groups is 1. The van der Waals surface area contributed by atoms with E-state index in [0.717, 1.165) is 35.3 Å². The van der Waals surface area contributed by atoms with E-state index in [1.54, 1.807) is 7.11 Å². The molecule has 5 nitrogen and oxygen atoms in total. The molecule has 0 aliphatic carbocycles. The van der Waals surface area contributed by atoms with Crippen molar-refractivity contribution in [3.63, 3.8) is 0 Å². The summed E-state index contributed by atoms with van der Waals surface area (Å²) in [4.78, 5) is 17.2. The van der Waals surface area contributed by atoms with E-state index in [4.69, 9.17) is 9.15 Å². The average Bonchev–Trinajstić information content (AvgIpc) is 3.24. The van der Waals surface area contributed by atoms with Crippen LogP contribution in [-0.4, -0.2) is 24.5 Å². The van der Waals surface area contributed by atoms with E-state index in [2.05, 4.69) is 22.4 Å². The lowest BCUT2D eigenvalue weighted by atomic mass is 10.1. The van der Waals surface area contributed by atoms with Crippen LogP contribution in [0.4, 0.5) is 0 Å². The van der Waals surface area contributed by atoms with Gasteiger partial charge >= 0.3 is 0 Å². The summed E-state index contributed by atoms with van der Waals surface area (Å²) in [6.07, 6.45) is 1.78. The van der Waals surface area contributed by atoms with Gasteiger partial charge in [-0.25, -0.2) is 4.98 Å². The van der Waals surface area contributed by atoms with E-state index in [1.165, 1.54) is 17.3 Å². The number of aryl methyl sites for hydroxylation is 1. The monoisotopic (exact) mass is 432 g/mol. The number of benzene rings is 3. The number of hydrogen-bond donors (Lipinski definition) is 1. The molecule has 1 aromatic heterocycles. The predicted octanol–water partition coefficient (Wildman–Crippen LogP) is 5.49. The Morgan fingerprint density at radius 2 is 1.81 bits per heavy atom. The van der Waals surface area contributed by atoms with Gasteiger partial charge in [-0.15, -0.1) is 0 Å². The van der Waals surface area contributed by atoms with Crippen LogP contribution in [0, 0.1) is 0 Å². The first kappa shape index (κ1) is 21.0. The fourth-order valence-electron chi connectivity index (χ4n) is 3.30. The molecule has 3 aromatic carbocycles. The molecule has 0 atom stereocenters. The Bertz CT molecular complexity index is 1120. The summed E-state index contributed by atoms with van der Waals surface area (Å²) in [6, 6.07) is 23.4. The minimum Gasteiger partial charge on any atom is -0.497 e. The molecule has 31 heavy (non-hydrogen) atoms. The molecule has 0 aliphatic rings. The molecule has 0 spiro atoms. The van der Waals surface area contributed by atoms with Crippen LogP contribution in [0.25, 0.3) is 11.1 Å². The number of amides is 1. The first-order valence-electron chi connectivity index (χ1n) is 10.2. The second-order valence-electron chi connectivity index (χ2n) is 7.10. The Labute approximate surface area is 185 Å². The number of para-hydroxylation sites is 2. The van der Waals surface area contributed by atoms with E-state index >= 15 is 0 Å². The van der Waals surface area contributed by atoms with Crippen LogP contribution in [0.15, 0.2) is 82.4 Å². The number of oxazole rings is 1. The maximum absolute atomic E-state index is 12.7. The van der Waals surface area contributed by atoms with Crippen LogP contribution in [0.1, 0.15) is 27.9 Å². The van der Waals surface area contributed by atoms with Crippen molar-refractivity contribution < 1.29 is 13.9 Å². The van der Waals surface area contributed by atoms with Gasteiger partial charge in [0.2, 0.25) is 0 Å². The van der Waals surface area contributed by atoms with Gasteiger partial charge in [-0.3, -0.25) is 4.79 Å². The van der Waals surface area contributed by atoms with Gasteiger partial charge in [0.05, 0.1) is 7.11 Å². The van der Waals surface area contributed by atoms with Crippen molar-refractivity contribution in [2.45, 2.75) is 23.8 Å². The van der Waals surface area contributed by atoms with E-state index in [9.17, 15) is 4.79 Å². The molecular formula is C25H24N2O3S. The molecule has 0 fully saturated rings. The molecule has 1 amide bonds. The molecule has 0 aliphatic heterocycles. The third-order valence-corrected chi connectivity index (χ3v) is 5.85. The third kappa shape index (κ3) is 5.47. The summed E-state index contributed by atoms with van der Waals surface area (Å²) >= 11 is 1.49. The number of methoxy groups -OCH3 is 1. The van der Waals surface area contributed by atoms with Crippen molar-refractivity contribution in [3.05, 3.63) is 89.5 Å². The Balaban J connectivity index is 1.30. The Morgan fingerprint density at radius 1 is 1.03 bits per heavy atom. The molecule has 0 saturated carbocycles. The summed E-state index contributed by atoms with van der Waals surface area (Å²) < 4.78 is 11.0. The van der Waals surface area contributed by atoms with Crippen molar-refractivity contribution in [1.29, 1.82) is 0 Å². The highest BCUT2D eigenvalue weighted by molar-refractivity contribution is 7.98. The van der Waals surface area contributed by atoms with Gasteiger partial charge < -0.3 is 14.5 Å². The normalized spacial score (nSPS) is 10.9. The Hall–Kier alpha value is -3.25. The van der Waals surface area contributed by atoms with Crippen molar-refractivity contribution in [3.8, 4) is 5.75 Å². The lowest BCUT2D eigenvalue weighted by Gasteiger charge is -2.10. The number of hydrogen-bond acceptors (Lipinski definition) is 5. The third-order valence-electron chi connectivity index (χ3n) is 4.97. The molecular weight excluding hydrogens is 408 g/mol. The van der Waals surface area contributed by atoms with Crippen LogP contribution in [0.3, 0.4) is 0 Å². The van der Waals surface area contributed by atoms with Crippen LogP contribution in [-0.2, 0) is 12.2 Å². The maximum Gasteiger partial charge on any atom is 0.257 e. The molecule has 0 bridgehead atoms. The van der Waals surface area contributed by atoms with E-state index < -0.39 is 0 Å². The first-order chi connectivity index (χ1) is 15.2. The van der Waals surface area contributed by atoms with Crippen LogP contribution in [0.5, 0.6) is 5.75 Å². The standard InChI is InChI=1S/C25H24N2O3S/c1-29-20-14-12-18(13-15-20)7-6-16-26-24(28)21-9-3-2-8-19(21)17-31-25-27-22-10-4-5-11-23(22)30-25/h2-5,8-15H,6-7,16-17H2,1H3,(H,26,28). The van der Waals surface area contributed by atoms with Crippen LogP contribution in [0.2, 0.25) is 0 Å². The van der Waals surface area contributed by atoms with Crippen LogP contribution < -0.4 is 10.1 Å². The molecule has 1 heterocycles. The predicted molar refractivity (Wildman–Crippen MR) is 124 cm³/mol. The van der Waals surface area contributed by atoms with E-state index in [-0.39, 0.29) is 5.91 Å². The zero-order chi connectivity index (χ0) is 21.5. The summed E-state index contributed by atoms with van der Waals surface area (Å²) in [5.74, 6) is 1.41. The topological polar surface area (TPSA) is 64.4 Å². The maximum atomic E-state index is 12.7. The number of ether oxygens (including phenoxy) is 1. The smallest absolute Gasteiger partial charge is 0.257 e. The fraction of sp³-hybridized carbons (Fsp3) is 0.200. The molecule has 4 rings (SSSR count). The number of aromatic nitrogens is 1. The summed E-state index contributed by atoms with van der Waals surface area (Å²) in [7, 11) is 1.66. The average molecular weight is 433 g/mol. The fourth-order valence-corrected chi connectivity index (χ4v) is 4.14. The zero-order valence-corrected chi connectivity index (χ0v) is 18.2. The zero-order valence-electron chi connectivity index (χ0n) is 17.3. The van der Waals surface area contributed by atoms with E-state index in [1.807, 2.05) is 60.7 Å². The summed E-state index contributed by atoms with van der Waals surface area (Å²) in [5, 5.41) is 3.65. The Kier molecular flexibility index (Phi) is 6.89. The molecule has 4 aromatic rings.